The van der Waals surface area contributed by atoms with Crippen LogP contribution in [0.15, 0.2) is 5.22 Å². The van der Waals surface area contributed by atoms with Crippen molar-refractivity contribution in [3.05, 3.63) is 10.4 Å². The van der Waals surface area contributed by atoms with Gasteiger partial charge in [-0.25, -0.2) is 0 Å². The zero-order chi connectivity index (χ0) is 8.69. The van der Waals surface area contributed by atoms with Gasteiger partial charge in [-0.05, 0) is 5.22 Å². The molecule has 0 aromatic carbocycles. The summed E-state index contributed by atoms with van der Waals surface area (Å²) >= 11 is 0. The van der Waals surface area contributed by atoms with E-state index in [0.717, 1.165) is 0 Å². The molecule has 11 heavy (non-hydrogen) atoms. The minimum Gasteiger partial charge on any atom is -0.480 e. The number of azide groups is 1. The third-order valence-corrected chi connectivity index (χ3v) is 1.000. The quantitative estimate of drug-likeness (QED) is 0.166. The Hall–Kier alpha value is -1.46. The number of carbonyl (C=O) groups is 1. The van der Waals surface area contributed by atoms with Gasteiger partial charge in [0.15, 0.2) is 0 Å². The van der Waals surface area contributed by atoms with Crippen molar-refractivity contribution in [3.8, 4) is 0 Å². The van der Waals surface area contributed by atoms with E-state index in [-0.39, 0.29) is 13.0 Å². The summed E-state index contributed by atoms with van der Waals surface area (Å²) in [4.78, 5) is 12.5. The average Bonchev–Trinajstić information content (AvgIpc) is 1.97. The van der Waals surface area contributed by atoms with E-state index in [1.54, 1.807) is 0 Å². The van der Waals surface area contributed by atoms with Crippen molar-refractivity contribution in [3.63, 3.8) is 0 Å². The Bertz CT molecular complexity index is 175. The van der Waals surface area contributed by atoms with Crippen LogP contribution in [0.5, 0.6) is 0 Å². The van der Waals surface area contributed by atoms with Gasteiger partial charge in [-0.15, -0.1) is 5.53 Å². The van der Waals surface area contributed by atoms with Crippen molar-refractivity contribution in [2.45, 2.75) is 12.5 Å². The molecule has 0 amide bonds. The van der Waals surface area contributed by atoms with Gasteiger partial charge in [0, 0.05) is 6.42 Å². The smallest absolute Gasteiger partial charge is 0.320 e. The SMILES string of the molecule is [N-]=[N+]=NNCC[C@@H](N)C(=O)O. The molecule has 1 atom stereocenters. The molecule has 0 aromatic heterocycles. The second-order valence-electron chi connectivity index (χ2n) is 1.83. The topological polar surface area (TPSA) is 124 Å². The monoisotopic (exact) mass is 159 g/mol. The number of hydrogen-bond acceptors (Lipinski definition) is 3. The van der Waals surface area contributed by atoms with Crippen LogP contribution < -0.4 is 11.2 Å². The molecular formula is C4H9N5O2. The molecule has 0 aliphatic rings. The first-order chi connectivity index (χ1) is 5.18. The fourth-order valence-electron chi connectivity index (χ4n) is 0.425. The highest BCUT2D eigenvalue weighted by Crippen LogP contribution is 1.85. The standard InChI is InChI=1S/C4H9N5O2/c5-3(4(10)11)1-2-7-9-8-6/h3,7H,1-2,5H2,(H,10,11)/t3-/m1/s1. The van der Waals surface area contributed by atoms with Crippen molar-refractivity contribution in [1.82, 2.24) is 5.43 Å². The molecule has 4 N–H and O–H groups in total. The number of nitrogens with two attached hydrogens (primary N) is 1. The van der Waals surface area contributed by atoms with Crippen LogP contribution in [0.3, 0.4) is 0 Å². The lowest BCUT2D eigenvalue weighted by Crippen LogP contribution is -2.32. The predicted octanol–water partition coefficient (Wildman–Crippen LogP) is -0.397. The first-order valence-electron chi connectivity index (χ1n) is 2.94. The number of aliphatic carboxylic acids is 1. The van der Waals surface area contributed by atoms with Gasteiger partial charge in [-0.2, -0.15) is 4.91 Å². The summed E-state index contributed by atoms with van der Waals surface area (Å²) in [6.45, 7) is 0.261. The number of nitrogens with one attached hydrogen (secondary N) is 1. The number of rotatable bonds is 5. The summed E-state index contributed by atoms with van der Waals surface area (Å²) in [6.07, 6.45) is 0.231. The van der Waals surface area contributed by atoms with Crippen LogP contribution in [0.1, 0.15) is 6.42 Å². The third-order valence-electron chi connectivity index (χ3n) is 1.000. The lowest BCUT2D eigenvalue weighted by molar-refractivity contribution is -0.138. The zero-order valence-electron chi connectivity index (χ0n) is 5.77. The van der Waals surface area contributed by atoms with Crippen LogP contribution in [0.4, 0.5) is 0 Å². The molecule has 0 unspecified atom stereocenters. The molecule has 62 valence electrons. The largest absolute Gasteiger partial charge is 0.480 e. The normalized spacial score (nSPS) is 11.4. The van der Waals surface area contributed by atoms with Gasteiger partial charge in [0.25, 0.3) is 0 Å². The van der Waals surface area contributed by atoms with Gasteiger partial charge in [0.2, 0.25) is 0 Å². The van der Waals surface area contributed by atoms with Crippen molar-refractivity contribution in [2.75, 3.05) is 6.54 Å². The second-order valence-corrected chi connectivity index (χ2v) is 1.83. The average molecular weight is 159 g/mol. The lowest BCUT2D eigenvalue weighted by atomic mass is 10.2. The molecule has 0 aliphatic heterocycles. The minimum atomic E-state index is -1.06. The molecule has 0 rings (SSSR count). The summed E-state index contributed by atoms with van der Waals surface area (Å²) in [5.74, 6) is -1.06. The van der Waals surface area contributed by atoms with Gasteiger partial charge in [-0.1, -0.05) is 0 Å². The summed E-state index contributed by atoms with van der Waals surface area (Å²) in [5, 5.41) is 11.3. The van der Waals surface area contributed by atoms with Crippen LogP contribution >= 0.6 is 0 Å². The van der Waals surface area contributed by atoms with Crippen molar-refractivity contribution in [2.24, 2.45) is 11.0 Å². The summed E-state index contributed by atoms with van der Waals surface area (Å²) < 4.78 is 0. The van der Waals surface area contributed by atoms with E-state index in [0.29, 0.717) is 0 Å². The molecule has 7 heteroatoms. The molecule has 0 spiro atoms. The van der Waals surface area contributed by atoms with Gasteiger partial charge in [-0.3, -0.25) is 10.2 Å². The molecule has 0 saturated heterocycles. The van der Waals surface area contributed by atoms with Crippen molar-refractivity contribution in [1.29, 1.82) is 0 Å². The van der Waals surface area contributed by atoms with Crippen molar-refractivity contribution < 1.29 is 9.90 Å². The fourth-order valence-corrected chi connectivity index (χ4v) is 0.425. The summed E-state index contributed by atoms with van der Waals surface area (Å²) in [5.41, 5.74) is 15.2. The molecular weight excluding hydrogens is 150 g/mol. The lowest BCUT2D eigenvalue weighted by Gasteiger charge is -2.01. The zero-order valence-corrected chi connectivity index (χ0v) is 5.77. The van der Waals surface area contributed by atoms with Gasteiger partial charge in [0.1, 0.15) is 6.04 Å². The molecule has 0 radical (unpaired) electrons. The van der Waals surface area contributed by atoms with Crippen LogP contribution in [-0.4, -0.2) is 23.7 Å². The maximum Gasteiger partial charge on any atom is 0.320 e. The first-order valence-corrected chi connectivity index (χ1v) is 2.94. The van der Waals surface area contributed by atoms with E-state index in [9.17, 15) is 4.79 Å². The Balaban J connectivity index is 3.38. The number of carboxylic acids is 1. The van der Waals surface area contributed by atoms with Gasteiger partial charge < -0.3 is 10.8 Å². The summed E-state index contributed by atoms with van der Waals surface area (Å²) in [7, 11) is 0. The van der Waals surface area contributed by atoms with E-state index in [1.807, 2.05) is 0 Å². The predicted molar refractivity (Wildman–Crippen MR) is 37.4 cm³/mol. The van der Waals surface area contributed by atoms with Crippen LogP contribution in [0.25, 0.3) is 10.4 Å². The maximum absolute atomic E-state index is 10.1. The summed E-state index contributed by atoms with van der Waals surface area (Å²) in [6, 6.07) is -0.906. The third kappa shape index (κ3) is 5.01. The van der Waals surface area contributed by atoms with E-state index in [2.05, 4.69) is 15.6 Å². The highest BCUT2D eigenvalue weighted by atomic mass is 16.4. The molecule has 0 saturated carbocycles. The maximum atomic E-state index is 10.1. The molecule has 0 fully saturated rings. The van der Waals surface area contributed by atoms with Gasteiger partial charge >= 0.3 is 5.97 Å². The van der Waals surface area contributed by atoms with E-state index < -0.39 is 12.0 Å². The first kappa shape index (κ1) is 9.54. The molecule has 0 aromatic rings. The van der Waals surface area contributed by atoms with E-state index in [1.165, 1.54) is 0 Å². The molecule has 0 heterocycles. The van der Waals surface area contributed by atoms with E-state index >= 15 is 0 Å². The van der Waals surface area contributed by atoms with Gasteiger partial charge in [0.05, 0.1) is 6.54 Å². The second kappa shape index (κ2) is 5.33. The number of nitrogens with zero attached hydrogens (tertiary/aromatic N) is 3. The van der Waals surface area contributed by atoms with Crippen molar-refractivity contribution >= 4 is 5.97 Å². The highest BCUT2D eigenvalue weighted by Gasteiger charge is 2.10. The Morgan fingerprint density at radius 2 is 2.55 bits per heavy atom. The number of carboxylic acid groups (broad SMARTS) is 1. The Kier molecular flexibility index (Phi) is 4.63. The van der Waals surface area contributed by atoms with Crippen LogP contribution in [-0.2, 0) is 4.79 Å². The Morgan fingerprint density at radius 1 is 1.91 bits per heavy atom. The molecule has 7 nitrogen and oxygen atoms in total. The molecule has 0 aliphatic carbocycles. The highest BCUT2D eigenvalue weighted by molar-refractivity contribution is 5.72. The Morgan fingerprint density at radius 3 is 3.00 bits per heavy atom. The van der Waals surface area contributed by atoms with E-state index in [4.69, 9.17) is 16.4 Å². The Labute approximate surface area is 62.8 Å². The fraction of sp³-hybridized carbons (Fsp3) is 0.750. The number of hydrogen-bond donors (Lipinski definition) is 3. The molecule has 0 bridgehead atoms. The minimum absolute atomic E-state index is 0.231. The van der Waals surface area contributed by atoms with Crippen LogP contribution in [0, 0.1) is 0 Å². The van der Waals surface area contributed by atoms with Crippen LogP contribution in [0.2, 0.25) is 0 Å².